The van der Waals surface area contributed by atoms with Crippen LogP contribution < -0.4 is 10.6 Å². The lowest BCUT2D eigenvalue weighted by Gasteiger charge is -2.28. The van der Waals surface area contributed by atoms with Crippen molar-refractivity contribution in [3.63, 3.8) is 0 Å². The second-order valence-electron chi connectivity index (χ2n) is 12.5. The Balaban J connectivity index is 1.13. The summed E-state index contributed by atoms with van der Waals surface area (Å²) in [6, 6.07) is 30.9. The summed E-state index contributed by atoms with van der Waals surface area (Å²) in [5.41, 5.74) is 6.85. The molecule has 44 heavy (non-hydrogen) atoms. The molecule has 0 aromatic heterocycles. The van der Waals surface area contributed by atoms with Crippen molar-refractivity contribution in [2.24, 2.45) is 10.2 Å². The molecular weight excluding hydrogens is 581 g/mol. The third-order valence-electron chi connectivity index (χ3n) is 9.52. The van der Waals surface area contributed by atoms with E-state index in [0.717, 1.165) is 45.6 Å². The number of hydrogen-bond acceptors (Lipinski definition) is 4. The monoisotopic (exact) mass is 620 g/mol. The third-order valence-corrected chi connectivity index (χ3v) is 10.1. The second kappa shape index (κ2) is 13.2. The lowest BCUT2D eigenvalue weighted by Crippen LogP contribution is -2.41. The molecule has 0 amide bonds. The van der Waals surface area contributed by atoms with Crippen LogP contribution in [0.1, 0.15) is 98.5 Å². The lowest BCUT2D eigenvalue weighted by molar-refractivity contribution is 0.353. The first kappa shape index (κ1) is 29.1. The smallest absolute Gasteiger partial charge is 0.190 e. The Kier molecular flexibility index (Phi) is 8.71. The van der Waals surface area contributed by atoms with Gasteiger partial charge in [-0.15, -0.1) is 0 Å². The summed E-state index contributed by atoms with van der Waals surface area (Å²) < 4.78 is 0. The fourth-order valence-electron chi connectivity index (χ4n) is 7.09. The van der Waals surface area contributed by atoms with Crippen molar-refractivity contribution in [3.8, 4) is 0 Å². The van der Waals surface area contributed by atoms with E-state index in [1.54, 1.807) is 0 Å². The van der Waals surface area contributed by atoms with Crippen LogP contribution in [0.4, 0.5) is 0 Å². The van der Waals surface area contributed by atoms with Gasteiger partial charge >= 0.3 is 0 Å². The van der Waals surface area contributed by atoms with Gasteiger partial charge in [-0.05, 0) is 72.4 Å². The molecule has 2 saturated carbocycles. The molecule has 2 aliphatic heterocycles. The van der Waals surface area contributed by atoms with Crippen LogP contribution in [0.5, 0.6) is 0 Å². The minimum Gasteiger partial charge on any atom is -0.358 e. The number of nitrogens with zero attached hydrogens (tertiary/aromatic N) is 4. The van der Waals surface area contributed by atoms with Crippen LogP contribution in [0.2, 0.25) is 0 Å². The van der Waals surface area contributed by atoms with Gasteiger partial charge in [0.1, 0.15) is 0 Å². The Morgan fingerprint density at radius 2 is 0.909 bits per heavy atom. The zero-order valence-electron chi connectivity index (χ0n) is 25.1. The van der Waals surface area contributed by atoms with Crippen LogP contribution in [-0.4, -0.2) is 43.7 Å². The summed E-state index contributed by atoms with van der Waals surface area (Å²) in [6.07, 6.45) is 11.3. The van der Waals surface area contributed by atoms with Crippen molar-refractivity contribution in [2.75, 3.05) is 0 Å². The van der Waals surface area contributed by atoms with Crippen molar-refractivity contribution >= 4 is 46.1 Å². The van der Waals surface area contributed by atoms with Crippen LogP contribution in [0.25, 0.3) is 0 Å². The van der Waals surface area contributed by atoms with E-state index in [4.69, 9.17) is 34.6 Å². The van der Waals surface area contributed by atoms with Crippen molar-refractivity contribution in [2.45, 2.75) is 88.4 Å². The number of hydrogen-bond donors (Lipinski definition) is 2. The summed E-state index contributed by atoms with van der Waals surface area (Å²) in [4.78, 5) is 0. The molecule has 2 unspecified atom stereocenters. The van der Waals surface area contributed by atoms with E-state index in [1.165, 1.54) is 62.5 Å². The van der Waals surface area contributed by atoms with Gasteiger partial charge in [0.2, 0.25) is 0 Å². The number of hydrazone groups is 2. The van der Waals surface area contributed by atoms with Crippen LogP contribution in [0.3, 0.4) is 0 Å². The third kappa shape index (κ3) is 6.28. The molecule has 0 bridgehead atoms. The van der Waals surface area contributed by atoms with Crippen molar-refractivity contribution in [1.82, 2.24) is 20.7 Å². The molecule has 8 heteroatoms. The highest BCUT2D eigenvalue weighted by Crippen LogP contribution is 2.37. The SMILES string of the molecule is S=C(NC1CCCC1)N1N=C(c2ccccc2)CC1c1ccc(C2CC(c3ccccc3)=NN2C(=S)NC2CCCC2)cc1. The maximum atomic E-state index is 5.97. The average molecular weight is 621 g/mol. The Bertz CT molecular complexity index is 1410. The highest BCUT2D eigenvalue weighted by atomic mass is 32.1. The summed E-state index contributed by atoms with van der Waals surface area (Å²) in [7, 11) is 0. The summed E-state index contributed by atoms with van der Waals surface area (Å²) >= 11 is 11.9. The van der Waals surface area contributed by atoms with E-state index in [-0.39, 0.29) is 12.1 Å². The number of nitrogens with one attached hydrogen (secondary N) is 2. The lowest BCUT2D eigenvalue weighted by atomic mass is 9.94. The van der Waals surface area contributed by atoms with E-state index in [1.807, 2.05) is 22.2 Å². The zero-order chi connectivity index (χ0) is 29.9. The Morgan fingerprint density at radius 1 is 0.545 bits per heavy atom. The number of rotatable bonds is 6. The summed E-state index contributed by atoms with van der Waals surface area (Å²) in [5.74, 6) is 0. The van der Waals surface area contributed by atoms with Gasteiger partial charge < -0.3 is 10.6 Å². The highest BCUT2D eigenvalue weighted by molar-refractivity contribution is 7.80. The van der Waals surface area contributed by atoms with Gasteiger partial charge in [-0.1, -0.05) is 111 Å². The number of thiocarbonyl (C=S) groups is 2. The molecule has 2 atom stereocenters. The molecule has 3 aromatic rings. The fourth-order valence-corrected chi connectivity index (χ4v) is 7.76. The van der Waals surface area contributed by atoms with E-state index < -0.39 is 0 Å². The highest BCUT2D eigenvalue weighted by Gasteiger charge is 2.35. The maximum absolute atomic E-state index is 5.97. The Labute approximate surface area is 271 Å². The van der Waals surface area contributed by atoms with Gasteiger partial charge in [0.15, 0.2) is 10.2 Å². The fraction of sp³-hybridized carbons (Fsp3) is 0.389. The minimum absolute atomic E-state index is 0.0431. The maximum Gasteiger partial charge on any atom is 0.190 e. The van der Waals surface area contributed by atoms with Gasteiger partial charge in [0.25, 0.3) is 0 Å². The van der Waals surface area contributed by atoms with Crippen LogP contribution >= 0.6 is 24.4 Å². The Hall–Kier alpha value is -3.62. The first-order chi connectivity index (χ1) is 21.6. The molecule has 2 aliphatic carbocycles. The van der Waals surface area contributed by atoms with E-state index in [2.05, 4.69) is 83.4 Å². The van der Waals surface area contributed by atoms with Gasteiger partial charge in [-0.2, -0.15) is 10.2 Å². The van der Waals surface area contributed by atoms with Crippen LogP contribution in [-0.2, 0) is 0 Å². The van der Waals surface area contributed by atoms with Crippen LogP contribution in [0.15, 0.2) is 95.1 Å². The first-order valence-corrected chi connectivity index (χ1v) is 17.0. The molecule has 0 saturated heterocycles. The second-order valence-corrected chi connectivity index (χ2v) is 13.3. The molecule has 2 fully saturated rings. The van der Waals surface area contributed by atoms with Gasteiger partial charge in [0, 0.05) is 24.9 Å². The van der Waals surface area contributed by atoms with Crippen molar-refractivity contribution < 1.29 is 0 Å². The first-order valence-electron chi connectivity index (χ1n) is 16.2. The average Bonchev–Trinajstić information content (AvgIpc) is 3.89. The van der Waals surface area contributed by atoms with Crippen molar-refractivity contribution in [3.05, 3.63) is 107 Å². The molecule has 2 heterocycles. The molecule has 2 N–H and O–H groups in total. The molecule has 0 spiro atoms. The van der Waals surface area contributed by atoms with Gasteiger partial charge in [0.05, 0.1) is 23.5 Å². The molecule has 4 aliphatic rings. The van der Waals surface area contributed by atoms with Crippen LogP contribution in [0, 0.1) is 0 Å². The molecular formula is C36H40N6S2. The molecule has 3 aromatic carbocycles. The zero-order valence-corrected chi connectivity index (χ0v) is 26.7. The van der Waals surface area contributed by atoms with Gasteiger partial charge in [-0.25, -0.2) is 10.0 Å². The quantitative estimate of drug-likeness (QED) is 0.277. The summed E-state index contributed by atoms with van der Waals surface area (Å²) in [5, 5.41) is 22.9. The van der Waals surface area contributed by atoms with Crippen molar-refractivity contribution in [1.29, 1.82) is 0 Å². The molecule has 226 valence electrons. The number of benzene rings is 3. The predicted octanol–water partition coefficient (Wildman–Crippen LogP) is 7.62. The predicted molar refractivity (Wildman–Crippen MR) is 187 cm³/mol. The Morgan fingerprint density at radius 3 is 1.27 bits per heavy atom. The standard InChI is InChI=1S/C36H40N6S2/c43-35(37-29-15-7-8-16-29)41-33(23-31(39-41)25-11-3-1-4-12-25)27-19-21-28(22-20-27)34-24-32(26-13-5-2-6-14-26)40-42(34)36(44)38-30-17-9-10-18-30/h1-6,11-14,19-22,29-30,33-34H,7-10,15-18,23-24H2,(H,37,43)(H,38,44). The van der Waals surface area contributed by atoms with E-state index in [0.29, 0.717) is 12.1 Å². The largest absolute Gasteiger partial charge is 0.358 e. The van der Waals surface area contributed by atoms with E-state index >= 15 is 0 Å². The molecule has 0 radical (unpaired) electrons. The van der Waals surface area contributed by atoms with E-state index in [9.17, 15) is 0 Å². The molecule has 6 nitrogen and oxygen atoms in total. The normalized spacial score (nSPS) is 22.3. The topological polar surface area (TPSA) is 55.3 Å². The minimum atomic E-state index is 0.0431. The van der Waals surface area contributed by atoms with Gasteiger partial charge in [-0.3, -0.25) is 0 Å². The molecule has 7 rings (SSSR count). The summed E-state index contributed by atoms with van der Waals surface area (Å²) in [6.45, 7) is 0.